The molecule has 0 bridgehead atoms. The Balaban J connectivity index is 1.56. The molecule has 1 saturated carbocycles. The number of para-hydroxylation sites is 1. The predicted molar refractivity (Wildman–Crippen MR) is 115 cm³/mol. The fourth-order valence-electron chi connectivity index (χ4n) is 3.89. The van der Waals surface area contributed by atoms with Crippen LogP contribution in [0.3, 0.4) is 0 Å². The Morgan fingerprint density at radius 3 is 2.68 bits per heavy atom. The Kier molecular flexibility index (Phi) is 7.49. The van der Waals surface area contributed by atoms with E-state index in [2.05, 4.69) is 36.3 Å². The second-order valence-electron chi connectivity index (χ2n) is 7.70. The van der Waals surface area contributed by atoms with Gasteiger partial charge >= 0.3 is 0 Å². The molecule has 0 atom stereocenters. The monoisotopic (exact) mass is 380 g/mol. The first kappa shape index (κ1) is 20.4. The lowest BCUT2D eigenvalue weighted by Crippen LogP contribution is -2.33. The van der Waals surface area contributed by atoms with E-state index in [9.17, 15) is 4.79 Å². The van der Waals surface area contributed by atoms with E-state index in [1.807, 2.05) is 36.4 Å². The van der Waals surface area contributed by atoms with Crippen LogP contribution in [0.5, 0.6) is 5.75 Å². The molecule has 0 heterocycles. The van der Waals surface area contributed by atoms with Crippen molar-refractivity contribution in [1.82, 2.24) is 4.90 Å². The maximum atomic E-state index is 12.4. The second-order valence-corrected chi connectivity index (χ2v) is 7.70. The average molecular weight is 381 g/mol. The largest absolute Gasteiger partial charge is 0.484 e. The number of aryl methyl sites for hydroxylation is 1. The molecule has 0 aromatic heterocycles. The van der Waals surface area contributed by atoms with Crippen LogP contribution in [0.4, 0.5) is 5.69 Å². The number of hydrogen-bond acceptors (Lipinski definition) is 3. The van der Waals surface area contributed by atoms with Gasteiger partial charge in [-0.1, -0.05) is 56.5 Å². The summed E-state index contributed by atoms with van der Waals surface area (Å²) in [6.07, 6.45) is 7.50. The van der Waals surface area contributed by atoms with Gasteiger partial charge in [0.15, 0.2) is 6.61 Å². The minimum Gasteiger partial charge on any atom is -0.484 e. The summed E-state index contributed by atoms with van der Waals surface area (Å²) >= 11 is 0. The minimum atomic E-state index is -0.130. The van der Waals surface area contributed by atoms with E-state index in [-0.39, 0.29) is 12.5 Å². The molecule has 28 heavy (non-hydrogen) atoms. The van der Waals surface area contributed by atoms with Crippen molar-refractivity contribution in [2.24, 2.45) is 0 Å². The zero-order chi connectivity index (χ0) is 19.8. The Morgan fingerprint density at radius 2 is 1.89 bits per heavy atom. The Bertz CT molecular complexity index is 769. The fraction of sp³-hybridized carbons (Fsp3) is 0.458. The zero-order valence-electron chi connectivity index (χ0n) is 17.1. The highest BCUT2D eigenvalue weighted by Crippen LogP contribution is 2.25. The van der Waals surface area contributed by atoms with Crippen molar-refractivity contribution in [2.45, 2.75) is 58.0 Å². The highest BCUT2D eigenvalue weighted by Gasteiger charge is 2.19. The number of carbonyl (C=O) groups is 1. The summed E-state index contributed by atoms with van der Waals surface area (Å²) < 4.78 is 5.68. The van der Waals surface area contributed by atoms with Gasteiger partial charge in [0.05, 0.1) is 0 Å². The molecule has 1 N–H and O–H groups in total. The number of nitrogens with one attached hydrogen (secondary N) is 1. The molecular weight excluding hydrogens is 348 g/mol. The Morgan fingerprint density at radius 1 is 1.11 bits per heavy atom. The van der Waals surface area contributed by atoms with E-state index < -0.39 is 0 Å². The standard InChI is InChI=1S/C24H32N2O2/c1-3-19-10-9-14-22(16-19)28-18-24(27)25-23-15-8-7-11-20(23)17-26(2)21-12-5-4-6-13-21/h7-11,14-16,21H,3-6,12-13,17-18H2,1-2H3,(H,25,27). The van der Waals surface area contributed by atoms with Gasteiger partial charge in [0.2, 0.25) is 0 Å². The van der Waals surface area contributed by atoms with Gasteiger partial charge in [-0.15, -0.1) is 0 Å². The molecule has 0 aliphatic heterocycles. The number of carbonyl (C=O) groups excluding carboxylic acids is 1. The molecule has 1 fully saturated rings. The third kappa shape index (κ3) is 5.83. The Labute approximate surface area is 168 Å². The van der Waals surface area contributed by atoms with Crippen LogP contribution in [-0.2, 0) is 17.8 Å². The molecule has 0 unspecified atom stereocenters. The van der Waals surface area contributed by atoms with Crippen LogP contribution in [0.25, 0.3) is 0 Å². The molecule has 0 spiro atoms. The van der Waals surface area contributed by atoms with Gasteiger partial charge in [0.1, 0.15) is 5.75 Å². The third-order valence-corrected chi connectivity index (χ3v) is 5.59. The molecule has 1 aliphatic carbocycles. The molecule has 1 aliphatic rings. The highest BCUT2D eigenvalue weighted by atomic mass is 16.5. The van der Waals surface area contributed by atoms with Crippen molar-refractivity contribution in [3.63, 3.8) is 0 Å². The van der Waals surface area contributed by atoms with E-state index in [1.165, 1.54) is 37.7 Å². The van der Waals surface area contributed by atoms with Gasteiger partial charge in [0.25, 0.3) is 5.91 Å². The van der Waals surface area contributed by atoms with E-state index in [0.717, 1.165) is 30.0 Å². The number of rotatable bonds is 8. The summed E-state index contributed by atoms with van der Waals surface area (Å²) in [4.78, 5) is 14.9. The van der Waals surface area contributed by atoms with Crippen molar-refractivity contribution in [2.75, 3.05) is 19.0 Å². The number of amides is 1. The van der Waals surface area contributed by atoms with Crippen LogP contribution in [-0.4, -0.2) is 30.5 Å². The van der Waals surface area contributed by atoms with Crippen molar-refractivity contribution in [3.05, 3.63) is 59.7 Å². The smallest absolute Gasteiger partial charge is 0.262 e. The molecule has 3 rings (SSSR count). The van der Waals surface area contributed by atoms with Crippen LogP contribution < -0.4 is 10.1 Å². The molecule has 150 valence electrons. The van der Waals surface area contributed by atoms with Crippen LogP contribution in [0.2, 0.25) is 0 Å². The van der Waals surface area contributed by atoms with Crippen LogP contribution in [0.15, 0.2) is 48.5 Å². The average Bonchev–Trinajstić information content (AvgIpc) is 2.74. The SMILES string of the molecule is CCc1cccc(OCC(=O)Nc2ccccc2CN(C)C2CCCCC2)c1. The van der Waals surface area contributed by atoms with Gasteiger partial charge in [-0.25, -0.2) is 0 Å². The Hall–Kier alpha value is -2.33. The van der Waals surface area contributed by atoms with Gasteiger partial charge in [0, 0.05) is 18.3 Å². The number of ether oxygens (including phenoxy) is 1. The van der Waals surface area contributed by atoms with E-state index in [0.29, 0.717) is 6.04 Å². The van der Waals surface area contributed by atoms with E-state index >= 15 is 0 Å². The van der Waals surface area contributed by atoms with Crippen LogP contribution in [0, 0.1) is 0 Å². The maximum absolute atomic E-state index is 12.4. The lowest BCUT2D eigenvalue weighted by atomic mass is 9.94. The number of anilines is 1. The fourth-order valence-corrected chi connectivity index (χ4v) is 3.89. The summed E-state index contributed by atoms with van der Waals surface area (Å²) in [5.74, 6) is 0.606. The predicted octanol–water partition coefficient (Wildman–Crippen LogP) is 5.03. The van der Waals surface area contributed by atoms with Crippen molar-refractivity contribution < 1.29 is 9.53 Å². The summed E-state index contributed by atoms with van der Waals surface area (Å²) in [5, 5.41) is 3.03. The van der Waals surface area contributed by atoms with Gasteiger partial charge < -0.3 is 10.1 Å². The maximum Gasteiger partial charge on any atom is 0.262 e. The third-order valence-electron chi connectivity index (χ3n) is 5.59. The first-order valence-corrected chi connectivity index (χ1v) is 10.5. The van der Waals surface area contributed by atoms with Crippen molar-refractivity contribution >= 4 is 11.6 Å². The summed E-state index contributed by atoms with van der Waals surface area (Å²) in [6, 6.07) is 16.6. The zero-order valence-corrected chi connectivity index (χ0v) is 17.1. The molecular formula is C24H32N2O2. The molecule has 2 aromatic carbocycles. The first-order valence-electron chi connectivity index (χ1n) is 10.5. The molecule has 0 radical (unpaired) electrons. The molecule has 4 nitrogen and oxygen atoms in total. The van der Waals surface area contributed by atoms with Crippen LogP contribution in [0.1, 0.15) is 50.2 Å². The topological polar surface area (TPSA) is 41.6 Å². The summed E-state index contributed by atoms with van der Waals surface area (Å²) in [6.45, 7) is 2.97. The number of nitrogens with zero attached hydrogens (tertiary/aromatic N) is 1. The lowest BCUT2D eigenvalue weighted by Gasteiger charge is -2.31. The second kappa shape index (κ2) is 10.3. The minimum absolute atomic E-state index is 0.0139. The lowest BCUT2D eigenvalue weighted by molar-refractivity contribution is -0.118. The van der Waals surface area contributed by atoms with Crippen LogP contribution >= 0.6 is 0 Å². The number of hydrogen-bond donors (Lipinski definition) is 1. The quantitative estimate of drug-likeness (QED) is 0.698. The van der Waals surface area contributed by atoms with Gasteiger partial charge in [-0.2, -0.15) is 0 Å². The molecule has 4 heteroatoms. The van der Waals surface area contributed by atoms with Crippen molar-refractivity contribution in [1.29, 1.82) is 0 Å². The first-order chi connectivity index (χ1) is 13.7. The van der Waals surface area contributed by atoms with E-state index in [1.54, 1.807) is 0 Å². The molecule has 1 amide bonds. The number of benzene rings is 2. The van der Waals surface area contributed by atoms with Gasteiger partial charge in [-0.05, 0) is 55.6 Å². The highest BCUT2D eigenvalue weighted by molar-refractivity contribution is 5.92. The normalized spacial score (nSPS) is 14.8. The van der Waals surface area contributed by atoms with E-state index in [4.69, 9.17) is 4.74 Å². The van der Waals surface area contributed by atoms with Gasteiger partial charge in [-0.3, -0.25) is 9.69 Å². The summed E-state index contributed by atoms with van der Waals surface area (Å²) in [7, 11) is 2.19. The summed E-state index contributed by atoms with van der Waals surface area (Å²) in [5.41, 5.74) is 3.23. The van der Waals surface area contributed by atoms with Crippen molar-refractivity contribution in [3.8, 4) is 5.75 Å². The molecule has 0 saturated heterocycles. The molecule has 2 aromatic rings.